The van der Waals surface area contributed by atoms with E-state index < -0.39 is 18.3 Å². The van der Waals surface area contributed by atoms with Crippen molar-refractivity contribution in [2.24, 2.45) is 11.8 Å². The lowest BCUT2D eigenvalue weighted by atomic mass is 9.93. The first-order chi connectivity index (χ1) is 5.28. The molecule has 0 aliphatic rings. The number of hydrogen-bond donors (Lipinski definition) is 0. The van der Waals surface area contributed by atoms with Crippen molar-refractivity contribution >= 4 is 0 Å². The molecule has 0 spiro atoms. The van der Waals surface area contributed by atoms with E-state index >= 15 is 0 Å². The molecular weight excluding hydrogens is 172 g/mol. The number of halogens is 4. The first-order valence-corrected chi connectivity index (χ1v) is 3.94. The van der Waals surface area contributed by atoms with E-state index in [0.717, 1.165) is 6.92 Å². The molecule has 0 aromatic rings. The van der Waals surface area contributed by atoms with Gasteiger partial charge >= 0.3 is 12.3 Å². The van der Waals surface area contributed by atoms with Crippen molar-refractivity contribution in [2.75, 3.05) is 0 Å². The zero-order valence-corrected chi connectivity index (χ0v) is 7.45. The molecule has 0 radical (unpaired) electrons. The average molecular weight is 186 g/mol. The van der Waals surface area contributed by atoms with Crippen LogP contribution in [0.15, 0.2) is 0 Å². The molecule has 0 saturated carbocycles. The molecule has 0 aromatic heterocycles. The second-order valence-corrected chi connectivity index (χ2v) is 3.51. The van der Waals surface area contributed by atoms with Crippen LogP contribution in [0.2, 0.25) is 0 Å². The Balaban J connectivity index is 4.15. The van der Waals surface area contributed by atoms with Crippen LogP contribution in [0.1, 0.15) is 27.2 Å². The number of hydrogen-bond acceptors (Lipinski definition) is 0. The van der Waals surface area contributed by atoms with Gasteiger partial charge < -0.3 is 0 Å². The third-order valence-corrected chi connectivity index (χ3v) is 1.77. The summed E-state index contributed by atoms with van der Waals surface area (Å²) in [5, 5.41) is 0. The molecule has 1 atom stereocenters. The highest BCUT2D eigenvalue weighted by atomic mass is 19.3. The SMILES string of the molecule is CC(C)CC(C)C(F)(F)C(F)F. The largest absolute Gasteiger partial charge is 0.309 e. The van der Waals surface area contributed by atoms with Crippen molar-refractivity contribution in [3.8, 4) is 0 Å². The average Bonchev–Trinajstić information content (AvgIpc) is 1.85. The molecule has 0 bridgehead atoms. The molecule has 0 aliphatic heterocycles. The fraction of sp³-hybridized carbons (Fsp3) is 1.00. The summed E-state index contributed by atoms with van der Waals surface area (Å²) in [5.41, 5.74) is 0. The highest BCUT2D eigenvalue weighted by Crippen LogP contribution is 2.34. The molecular formula is C8H14F4. The lowest BCUT2D eigenvalue weighted by Crippen LogP contribution is -2.35. The summed E-state index contributed by atoms with van der Waals surface area (Å²) < 4.78 is 48.6. The van der Waals surface area contributed by atoms with E-state index in [1.54, 1.807) is 13.8 Å². The van der Waals surface area contributed by atoms with Crippen molar-refractivity contribution < 1.29 is 17.6 Å². The molecule has 0 rings (SSSR count). The predicted molar refractivity (Wildman–Crippen MR) is 39.6 cm³/mol. The zero-order valence-electron chi connectivity index (χ0n) is 7.45. The Kier molecular flexibility index (Phi) is 4.00. The summed E-state index contributed by atoms with van der Waals surface area (Å²) in [6.07, 6.45) is -3.43. The van der Waals surface area contributed by atoms with E-state index in [-0.39, 0.29) is 12.3 Å². The van der Waals surface area contributed by atoms with Gasteiger partial charge in [-0.2, -0.15) is 8.78 Å². The lowest BCUT2D eigenvalue weighted by Gasteiger charge is -2.23. The Morgan fingerprint density at radius 3 is 1.75 bits per heavy atom. The maximum Gasteiger partial charge on any atom is 0.309 e. The molecule has 74 valence electrons. The van der Waals surface area contributed by atoms with Gasteiger partial charge in [0, 0.05) is 5.92 Å². The minimum Gasteiger partial charge on any atom is -0.204 e. The topological polar surface area (TPSA) is 0 Å². The van der Waals surface area contributed by atoms with Crippen molar-refractivity contribution in [1.82, 2.24) is 0 Å². The summed E-state index contributed by atoms with van der Waals surface area (Å²) in [4.78, 5) is 0. The van der Waals surface area contributed by atoms with E-state index in [0.29, 0.717) is 0 Å². The highest BCUT2D eigenvalue weighted by molar-refractivity contribution is 4.76. The maximum absolute atomic E-state index is 12.6. The monoisotopic (exact) mass is 186 g/mol. The summed E-state index contributed by atoms with van der Waals surface area (Å²) in [7, 11) is 0. The Morgan fingerprint density at radius 2 is 1.50 bits per heavy atom. The molecule has 0 N–H and O–H groups in total. The standard InChI is InChI=1S/C8H14F4/c1-5(2)4-6(3)8(11,12)7(9)10/h5-7H,4H2,1-3H3. The molecule has 12 heavy (non-hydrogen) atoms. The van der Waals surface area contributed by atoms with Crippen LogP contribution in [0.25, 0.3) is 0 Å². The molecule has 0 fully saturated rings. The van der Waals surface area contributed by atoms with E-state index in [2.05, 4.69) is 0 Å². The van der Waals surface area contributed by atoms with E-state index in [4.69, 9.17) is 0 Å². The van der Waals surface area contributed by atoms with Crippen LogP contribution in [-0.4, -0.2) is 12.3 Å². The fourth-order valence-corrected chi connectivity index (χ4v) is 1.08. The van der Waals surface area contributed by atoms with Crippen molar-refractivity contribution in [3.63, 3.8) is 0 Å². The molecule has 0 saturated heterocycles. The molecule has 0 nitrogen and oxygen atoms in total. The van der Waals surface area contributed by atoms with Gasteiger partial charge in [0.15, 0.2) is 0 Å². The summed E-state index contributed by atoms with van der Waals surface area (Å²) in [6.45, 7) is 4.63. The summed E-state index contributed by atoms with van der Waals surface area (Å²) in [5.74, 6) is -5.08. The lowest BCUT2D eigenvalue weighted by molar-refractivity contribution is -0.164. The van der Waals surface area contributed by atoms with Gasteiger partial charge in [0.05, 0.1) is 0 Å². The molecule has 0 aliphatic carbocycles. The zero-order chi connectivity index (χ0) is 9.94. The Hall–Kier alpha value is -0.280. The maximum atomic E-state index is 12.6. The second kappa shape index (κ2) is 4.10. The van der Waals surface area contributed by atoms with Gasteiger partial charge in [-0.1, -0.05) is 20.8 Å². The smallest absolute Gasteiger partial charge is 0.204 e. The Labute approximate surface area is 70.0 Å². The van der Waals surface area contributed by atoms with Gasteiger partial charge in [0.2, 0.25) is 0 Å². The van der Waals surface area contributed by atoms with Crippen molar-refractivity contribution in [2.45, 2.75) is 39.5 Å². The van der Waals surface area contributed by atoms with Crippen LogP contribution >= 0.6 is 0 Å². The van der Waals surface area contributed by atoms with Gasteiger partial charge in [-0.15, -0.1) is 0 Å². The van der Waals surface area contributed by atoms with E-state index in [1.807, 2.05) is 0 Å². The van der Waals surface area contributed by atoms with E-state index in [1.165, 1.54) is 0 Å². The van der Waals surface area contributed by atoms with Crippen molar-refractivity contribution in [3.05, 3.63) is 0 Å². The first kappa shape index (κ1) is 11.7. The van der Waals surface area contributed by atoms with Crippen LogP contribution in [0, 0.1) is 11.8 Å². The molecule has 0 heterocycles. The van der Waals surface area contributed by atoms with Gasteiger partial charge in [-0.05, 0) is 12.3 Å². The Bertz CT molecular complexity index is 131. The van der Waals surface area contributed by atoms with Crippen LogP contribution in [0.5, 0.6) is 0 Å². The number of alkyl halides is 4. The van der Waals surface area contributed by atoms with Gasteiger partial charge in [0.1, 0.15) is 0 Å². The van der Waals surface area contributed by atoms with Crippen molar-refractivity contribution in [1.29, 1.82) is 0 Å². The quantitative estimate of drug-likeness (QED) is 0.589. The minimum absolute atomic E-state index is 0.0182. The molecule has 4 heteroatoms. The predicted octanol–water partition coefficient (Wildman–Crippen LogP) is 3.57. The van der Waals surface area contributed by atoms with Gasteiger partial charge in [0.25, 0.3) is 0 Å². The molecule has 0 aromatic carbocycles. The molecule has 0 amide bonds. The minimum atomic E-state index is -3.84. The van der Waals surface area contributed by atoms with E-state index in [9.17, 15) is 17.6 Å². The van der Waals surface area contributed by atoms with Gasteiger partial charge in [-0.25, -0.2) is 8.78 Å². The van der Waals surface area contributed by atoms with Gasteiger partial charge in [-0.3, -0.25) is 0 Å². The third-order valence-electron chi connectivity index (χ3n) is 1.77. The van der Waals surface area contributed by atoms with Crippen LogP contribution in [0.3, 0.4) is 0 Å². The molecule has 1 unspecified atom stereocenters. The summed E-state index contributed by atoms with van der Waals surface area (Å²) >= 11 is 0. The normalized spacial score (nSPS) is 15.8. The second-order valence-electron chi connectivity index (χ2n) is 3.51. The first-order valence-electron chi connectivity index (χ1n) is 3.94. The fourth-order valence-electron chi connectivity index (χ4n) is 1.08. The van der Waals surface area contributed by atoms with Crippen LogP contribution in [-0.2, 0) is 0 Å². The third kappa shape index (κ3) is 2.99. The highest BCUT2D eigenvalue weighted by Gasteiger charge is 2.45. The number of rotatable bonds is 4. The Morgan fingerprint density at radius 1 is 1.08 bits per heavy atom. The summed E-state index contributed by atoms with van der Waals surface area (Å²) in [6, 6.07) is 0. The van der Waals surface area contributed by atoms with Crippen LogP contribution in [0.4, 0.5) is 17.6 Å². The van der Waals surface area contributed by atoms with Crippen LogP contribution < -0.4 is 0 Å².